The number of rotatable bonds is 6. The predicted octanol–water partition coefficient (Wildman–Crippen LogP) is 4.78. The van der Waals surface area contributed by atoms with Crippen molar-refractivity contribution in [3.8, 4) is 11.5 Å². The second kappa shape index (κ2) is 8.30. The largest absolute Gasteiger partial charge is 0.496 e. The second-order valence-electron chi connectivity index (χ2n) is 5.89. The molecule has 3 rings (SSSR count). The summed E-state index contributed by atoms with van der Waals surface area (Å²) in [6, 6.07) is 12.2. The highest BCUT2D eigenvalue weighted by atomic mass is 32.2. The van der Waals surface area contributed by atoms with Crippen LogP contribution in [0.2, 0.25) is 0 Å². The van der Waals surface area contributed by atoms with E-state index in [1.807, 2.05) is 30.5 Å². The van der Waals surface area contributed by atoms with Gasteiger partial charge in [0.2, 0.25) is 0 Å². The number of ether oxygens (including phenoxy) is 2. The minimum absolute atomic E-state index is 0.813. The lowest BCUT2D eigenvalue weighted by Gasteiger charge is -2.22. The molecule has 2 aromatic carbocycles. The van der Waals surface area contributed by atoms with Gasteiger partial charge in [-0.2, -0.15) is 0 Å². The Kier molecular flexibility index (Phi) is 5.87. The van der Waals surface area contributed by atoms with Crippen LogP contribution in [0, 0.1) is 0 Å². The van der Waals surface area contributed by atoms with E-state index >= 15 is 0 Å². The molecule has 0 N–H and O–H groups in total. The first-order valence-corrected chi connectivity index (χ1v) is 9.67. The first kappa shape index (κ1) is 17.7. The zero-order valence-corrected chi connectivity index (χ0v) is 15.8. The van der Waals surface area contributed by atoms with Crippen molar-refractivity contribution in [1.82, 2.24) is 0 Å². The van der Waals surface area contributed by atoms with Gasteiger partial charge in [0.05, 0.1) is 25.6 Å². The summed E-state index contributed by atoms with van der Waals surface area (Å²) in [6.07, 6.45) is 6.35. The van der Waals surface area contributed by atoms with Crippen LogP contribution in [0.4, 0.5) is 11.4 Å². The molecule has 0 saturated carbocycles. The van der Waals surface area contributed by atoms with Gasteiger partial charge in [-0.15, -0.1) is 11.8 Å². The van der Waals surface area contributed by atoms with Gasteiger partial charge in [-0.05, 0) is 37.3 Å². The monoisotopic (exact) mass is 356 g/mol. The lowest BCUT2D eigenvalue weighted by atomic mass is 10.1. The number of benzene rings is 2. The molecule has 5 heteroatoms. The SMILES string of the molecule is COc1cc(N2CCCC2)c(OC)cc1C=Nc1ccccc1SC. The van der Waals surface area contributed by atoms with Crippen molar-refractivity contribution < 1.29 is 9.47 Å². The summed E-state index contributed by atoms with van der Waals surface area (Å²) in [4.78, 5) is 8.17. The molecule has 1 aliphatic heterocycles. The van der Waals surface area contributed by atoms with Crippen molar-refractivity contribution in [1.29, 1.82) is 0 Å². The third kappa shape index (κ3) is 3.93. The molecule has 0 radical (unpaired) electrons. The fourth-order valence-corrected chi connectivity index (χ4v) is 3.63. The lowest BCUT2D eigenvalue weighted by molar-refractivity contribution is 0.402. The summed E-state index contributed by atoms with van der Waals surface area (Å²) in [5.74, 6) is 1.68. The van der Waals surface area contributed by atoms with Crippen LogP contribution < -0.4 is 14.4 Å². The van der Waals surface area contributed by atoms with Gasteiger partial charge < -0.3 is 14.4 Å². The zero-order valence-electron chi connectivity index (χ0n) is 15.0. The molecule has 1 heterocycles. The van der Waals surface area contributed by atoms with Crippen LogP contribution in [-0.4, -0.2) is 39.8 Å². The van der Waals surface area contributed by atoms with E-state index in [4.69, 9.17) is 9.47 Å². The maximum absolute atomic E-state index is 5.63. The Bertz CT molecular complexity index is 755. The van der Waals surface area contributed by atoms with Crippen molar-refractivity contribution in [2.24, 2.45) is 4.99 Å². The van der Waals surface area contributed by atoms with Crippen molar-refractivity contribution in [2.75, 3.05) is 38.5 Å². The van der Waals surface area contributed by atoms with E-state index in [1.54, 1.807) is 26.0 Å². The van der Waals surface area contributed by atoms with Crippen LogP contribution >= 0.6 is 11.8 Å². The summed E-state index contributed by atoms with van der Waals surface area (Å²) in [5.41, 5.74) is 2.97. The van der Waals surface area contributed by atoms with Gasteiger partial charge in [-0.25, -0.2) is 0 Å². The van der Waals surface area contributed by atoms with E-state index in [1.165, 1.54) is 12.8 Å². The zero-order chi connectivity index (χ0) is 17.6. The van der Waals surface area contributed by atoms with Crippen LogP contribution in [0.15, 0.2) is 46.3 Å². The molecule has 0 amide bonds. The highest BCUT2D eigenvalue weighted by Crippen LogP contribution is 2.37. The maximum atomic E-state index is 5.63. The average Bonchev–Trinajstić information content (AvgIpc) is 3.20. The average molecular weight is 356 g/mol. The van der Waals surface area contributed by atoms with Gasteiger partial charge in [0.15, 0.2) is 0 Å². The van der Waals surface area contributed by atoms with Crippen molar-refractivity contribution >= 4 is 29.4 Å². The third-order valence-electron chi connectivity index (χ3n) is 4.41. The molecule has 1 saturated heterocycles. The molecular formula is C20H24N2O2S. The van der Waals surface area contributed by atoms with Crippen LogP contribution in [0.3, 0.4) is 0 Å². The van der Waals surface area contributed by atoms with E-state index in [2.05, 4.69) is 28.3 Å². The molecular weight excluding hydrogens is 332 g/mol. The number of para-hydroxylation sites is 1. The van der Waals surface area contributed by atoms with Crippen LogP contribution in [-0.2, 0) is 0 Å². The number of methoxy groups -OCH3 is 2. The number of hydrogen-bond acceptors (Lipinski definition) is 5. The van der Waals surface area contributed by atoms with Crippen molar-refractivity contribution in [3.05, 3.63) is 42.0 Å². The van der Waals surface area contributed by atoms with Gasteiger partial charge in [0.25, 0.3) is 0 Å². The fraction of sp³-hybridized carbons (Fsp3) is 0.350. The van der Waals surface area contributed by atoms with Crippen LogP contribution in [0.25, 0.3) is 0 Å². The Balaban J connectivity index is 1.96. The number of thioether (sulfide) groups is 1. The summed E-state index contributed by atoms with van der Waals surface area (Å²) in [7, 11) is 3.41. The Labute approximate surface area is 153 Å². The first-order valence-electron chi connectivity index (χ1n) is 8.45. The highest BCUT2D eigenvalue weighted by molar-refractivity contribution is 7.98. The first-order chi connectivity index (χ1) is 12.3. The topological polar surface area (TPSA) is 34.1 Å². The van der Waals surface area contributed by atoms with E-state index < -0.39 is 0 Å². The molecule has 2 aromatic rings. The number of nitrogens with zero attached hydrogens (tertiary/aromatic N) is 2. The van der Waals surface area contributed by atoms with Crippen LogP contribution in [0.1, 0.15) is 18.4 Å². The van der Waals surface area contributed by atoms with E-state index in [0.29, 0.717) is 0 Å². The minimum atomic E-state index is 0.813. The molecule has 25 heavy (non-hydrogen) atoms. The van der Waals surface area contributed by atoms with Gasteiger partial charge in [-0.3, -0.25) is 4.99 Å². The molecule has 0 unspecified atom stereocenters. The molecule has 0 aromatic heterocycles. The van der Waals surface area contributed by atoms with Crippen molar-refractivity contribution in [2.45, 2.75) is 17.7 Å². The lowest BCUT2D eigenvalue weighted by Crippen LogP contribution is -2.18. The smallest absolute Gasteiger partial charge is 0.143 e. The van der Waals surface area contributed by atoms with E-state index in [-0.39, 0.29) is 0 Å². The molecule has 4 nitrogen and oxygen atoms in total. The van der Waals surface area contributed by atoms with Crippen molar-refractivity contribution in [3.63, 3.8) is 0 Å². The third-order valence-corrected chi connectivity index (χ3v) is 5.19. The fourth-order valence-electron chi connectivity index (χ4n) is 3.09. The summed E-state index contributed by atoms with van der Waals surface area (Å²) in [6.45, 7) is 2.13. The molecule has 132 valence electrons. The minimum Gasteiger partial charge on any atom is -0.496 e. The maximum Gasteiger partial charge on any atom is 0.143 e. The number of aliphatic imine (C=N–C) groups is 1. The van der Waals surface area contributed by atoms with Gasteiger partial charge in [0.1, 0.15) is 11.5 Å². The molecule has 1 aliphatic rings. The van der Waals surface area contributed by atoms with Gasteiger partial charge >= 0.3 is 0 Å². The Hall–Kier alpha value is -2.14. The summed E-state index contributed by atoms with van der Waals surface area (Å²) >= 11 is 1.69. The summed E-state index contributed by atoms with van der Waals surface area (Å²) < 4.78 is 11.2. The highest BCUT2D eigenvalue weighted by Gasteiger charge is 2.19. The van der Waals surface area contributed by atoms with E-state index in [9.17, 15) is 0 Å². The number of anilines is 1. The molecule has 0 atom stereocenters. The quantitative estimate of drug-likeness (QED) is 0.551. The standard InChI is InChI=1S/C20H24N2O2S/c1-23-18-13-17(22-10-6-7-11-22)19(24-2)12-15(18)14-21-16-8-4-5-9-20(16)25-3/h4-5,8-9,12-14H,6-7,10-11H2,1-3H3. The molecule has 1 fully saturated rings. The molecule has 0 aliphatic carbocycles. The van der Waals surface area contributed by atoms with Gasteiger partial charge in [0, 0.05) is 35.8 Å². The normalized spacial score (nSPS) is 14.3. The van der Waals surface area contributed by atoms with Crippen LogP contribution in [0.5, 0.6) is 11.5 Å². The molecule has 0 bridgehead atoms. The Morgan fingerprint density at radius 3 is 2.44 bits per heavy atom. The Morgan fingerprint density at radius 1 is 1.04 bits per heavy atom. The second-order valence-corrected chi connectivity index (χ2v) is 6.74. The molecule has 0 spiro atoms. The summed E-state index contributed by atoms with van der Waals surface area (Å²) in [5, 5.41) is 0. The van der Waals surface area contributed by atoms with E-state index in [0.717, 1.165) is 46.4 Å². The van der Waals surface area contributed by atoms with Gasteiger partial charge in [-0.1, -0.05) is 12.1 Å². The number of hydrogen-bond donors (Lipinski definition) is 0. The predicted molar refractivity (Wildman–Crippen MR) is 106 cm³/mol. The Morgan fingerprint density at radius 2 is 1.76 bits per heavy atom.